The third-order valence-corrected chi connectivity index (χ3v) is 8.13. The van der Waals surface area contributed by atoms with E-state index < -0.39 is 24.2 Å². The number of aromatic amines is 1. The first-order valence-electron chi connectivity index (χ1n) is 14.2. The first kappa shape index (κ1) is 32.5. The van der Waals surface area contributed by atoms with Crippen molar-refractivity contribution >= 4 is 45.3 Å². The van der Waals surface area contributed by atoms with Gasteiger partial charge in [-0.1, -0.05) is 31.2 Å². The van der Waals surface area contributed by atoms with E-state index in [0.29, 0.717) is 39.0 Å². The fourth-order valence-electron chi connectivity index (χ4n) is 5.16. The molecular formula is C32H38IN3O7. The minimum absolute atomic E-state index is 0.0610. The number of fused-ring (bicyclic) bond motifs is 1. The molecule has 0 aliphatic heterocycles. The predicted molar refractivity (Wildman–Crippen MR) is 172 cm³/mol. The number of benzene rings is 2. The van der Waals surface area contributed by atoms with Crippen molar-refractivity contribution in [1.82, 2.24) is 15.2 Å². The van der Waals surface area contributed by atoms with Gasteiger partial charge in [-0.2, -0.15) is 0 Å². The maximum atomic E-state index is 13.6. The van der Waals surface area contributed by atoms with Gasteiger partial charge in [-0.3, -0.25) is 9.59 Å². The third kappa shape index (κ3) is 7.96. The summed E-state index contributed by atoms with van der Waals surface area (Å²) in [5.41, 5.74) is 2.90. The molecule has 3 aromatic rings. The second kappa shape index (κ2) is 15.4. The predicted octanol–water partition coefficient (Wildman–Crippen LogP) is 3.23. The zero-order chi connectivity index (χ0) is 30.9. The molecule has 10 nitrogen and oxygen atoms in total. The van der Waals surface area contributed by atoms with Crippen molar-refractivity contribution < 1.29 is 34.4 Å². The third-order valence-electron chi connectivity index (χ3n) is 7.33. The Morgan fingerprint density at radius 3 is 2.70 bits per heavy atom. The first-order valence-corrected chi connectivity index (χ1v) is 15.3. The molecule has 43 heavy (non-hydrogen) atoms. The monoisotopic (exact) mass is 703 g/mol. The number of aliphatic hydroxyl groups excluding tert-OH is 3. The number of rotatable bonds is 13. The number of ether oxygens (including phenoxy) is 2. The Morgan fingerprint density at radius 2 is 2.00 bits per heavy atom. The Bertz CT molecular complexity index is 1450. The average molecular weight is 704 g/mol. The van der Waals surface area contributed by atoms with Crippen LogP contribution in [0, 0.1) is 3.57 Å². The van der Waals surface area contributed by atoms with Crippen LogP contribution in [-0.4, -0.2) is 82.1 Å². The van der Waals surface area contributed by atoms with Crippen molar-refractivity contribution in [3.05, 3.63) is 81.1 Å². The molecule has 1 heterocycles. The highest BCUT2D eigenvalue weighted by molar-refractivity contribution is 14.1. The number of methoxy groups -OCH3 is 1. The van der Waals surface area contributed by atoms with Crippen LogP contribution in [0.4, 0.5) is 0 Å². The van der Waals surface area contributed by atoms with Crippen LogP contribution in [0.25, 0.3) is 10.9 Å². The van der Waals surface area contributed by atoms with E-state index in [-0.39, 0.29) is 38.6 Å². The highest BCUT2D eigenvalue weighted by Gasteiger charge is 2.40. The normalized spacial score (nSPS) is 18.5. The number of carbonyl (C=O) groups is 2. The Balaban J connectivity index is 1.69. The zero-order valence-electron chi connectivity index (χ0n) is 24.3. The molecule has 1 aliphatic rings. The van der Waals surface area contributed by atoms with Crippen molar-refractivity contribution in [3.8, 4) is 11.5 Å². The second-order valence-corrected chi connectivity index (χ2v) is 11.4. The first-order chi connectivity index (χ1) is 20.8. The van der Waals surface area contributed by atoms with E-state index in [1.165, 1.54) is 13.2 Å². The number of allylic oxidation sites excluding steroid dienone is 1. The van der Waals surface area contributed by atoms with Gasteiger partial charge in [0.25, 0.3) is 0 Å². The lowest BCUT2D eigenvalue weighted by Gasteiger charge is -2.40. The summed E-state index contributed by atoms with van der Waals surface area (Å²) in [5, 5.41) is 34.4. The van der Waals surface area contributed by atoms with Gasteiger partial charge in [-0.05, 0) is 76.4 Å². The smallest absolute Gasteiger partial charge is 0.247 e. The van der Waals surface area contributed by atoms with E-state index in [0.717, 1.165) is 16.6 Å². The lowest BCUT2D eigenvalue weighted by atomic mass is 9.88. The number of halogens is 1. The van der Waals surface area contributed by atoms with Gasteiger partial charge in [0.1, 0.15) is 12.2 Å². The molecule has 4 rings (SSSR count). The van der Waals surface area contributed by atoms with Crippen LogP contribution in [0.1, 0.15) is 31.0 Å². The summed E-state index contributed by atoms with van der Waals surface area (Å²) < 4.78 is 12.5. The SMILES string of the molecule is CCC=CC(=O)N(CCc1cc2ccccc2[nH]1)C1CC(C(=O)NCCO)=CC(Oc2c(I)cc(CO)cc2OC)C1O. The van der Waals surface area contributed by atoms with Gasteiger partial charge < -0.3 is 40.0 Å². The zero-order valence-corrected chi connectivity index (χ0v) is 26.4. The molecular weight excluding hydrogens is 665 g/mol. The number of hydrogen-bond donors (Lipinski definition) is 5. The molecule has 0 fully saturated rings. The molecule has 0 saturated carbocycles. The van der Waals surface area contributed by atoms with E-state index in [4.69, 9.17) is 9.47 Å². The molecule has 1 aliphatic carbocycles. The lowest BCUT2D eigenvalue weighted by Crippen LogP contribution is -2.55. The molecule has 3 atom stereocenters. The largest absolute Gasteiger partial charge is 0.493 e. The summed E-state index contributed by atoms with van der Waals surface area (Å²) in [7, 11) is 1.48. The fourth-order valence-corrected chi connectivity index (χ4v) is 5.95. The minimum Gasteiger partial charge on any atom is -0.493 e. The van der Waals surface area contributed by atoms with Gasteiger partial charge in [0.15, 0.2) is 11.5 Å². The van der Waals surface area contributed by atoms with Crippen molar-refractivity contribution in [2.75, 3.05) is 26.8 Å². The summed E-state index contributed by atoms with van der Waals surface area (Å²) in [5.74, 6) is 0.0157. The summed E-state index contributed by atoms with van der Waals surface area (Å²) >= 11 is 2.07. The Morgan fingerprint density at radius 1 is 1.21 bits per heavy atom. The number of aromatic nitrogens is 1. The number of hydrogen-bond acceptors (Lipinski definition) is 7. The van der Waals surface area contributed by atoms with E-state index in [2.05, 4.69) is 32.9 Å². The van der Waals surface area contributed by atoms with E-state index in [1.54, 1.807) is 29.2 Å². The molecule has 0 spiro atoms. The number of carbonyl (C=O) groups excluding carboxylic acids is 2. The Labute approximate surface area is 264 Å². The number of aliphatic hydroxyl groups is 3. The maximum absolute atomic E-state index is 13.6. The second-order valence-electron chi connectivity index (χ2n) is 10.3. The van der Waals surface area contributed by atoms with Crippen LogP contribution in [0.2, 0.25) is 0 Å². The number of nitrogens with zero attached hydrogens (tertiary/aromatic N) is 1. The fraction of sp³-hybridized carbons (Fsp3) is 0.375. The maximum Gasteiger partial charge on any atom is 0.247 e. The van der Waals surface area contributed by atoms with Crippen LogP contribution in [0.15, 0.2) is 66.3 Å². The van der Waals surface area contributed by atoms with Gasteiger partial charge in [0, 0.05) is 42.7 Å². The van der Waals surface area contributed by atoms with Crippen LogP contribution in [0.3, 0.4) is 0 Å². The van der Waals surface area contributed by atoms with Crippen LogP contribution >= 0.6 is 22.6 Å². The molecule has 11 heteroatoms. The quantitative estimate of drug-likeness (QED) is 0.136. The molecule has 2 aromatic carbocycles. The van der Waals surface area contributed by atoms with Gasteiger partial charge in [0.2, 0.25) is 11.8 Å². The molecule has 5 N–H and O–H groups in total. The number of para-hydroxylation sites is 1. The molecule has 3 unspecified atom stereocenters. The average Bonchev–Trinajstić information content (AvgIpc) is 3.44. The minimum atomic E-state index is -1.19. The lowest BCUT2D eigenvalue weighted by molar-refractivity contribution is -0.133. The Kier molecular flexibility index (Phi) is 11.6. The Hall–Kier alpha value is -3.39. The van der Waals surface area contributed by atoms with Gasteiger partial charge >= 0.3 is 0 Å². The summed E-state index contributed by atoms with van der Waals surface area (Å²) in [4.78, 5) is 31.7. The number of nitrogens with one attached hydrogen (secondary N) is 2. The number of H-pyrrole nitrogens is 1. The number of amides is 2. The molecule has 2 amide bonds. The molecule has 0 bridgehead atoms. The highest BCUT2D eigenvalue weighted by atomic mass is 127. The highest BCUT2D eigenvalue weighted by Crippen LogP contribution is 2.37. The van der Waals surface area contributed by atoms with Crippen molar-refractivity contribution in [3.63, 3.8) is 0 Å². The van der Waals surface area contributed by atoms with Crippen LogP contribution in [-0.2, 0) is 22.6 Å². The van der Waals surface area contributed by atoms with E-state index >= 15 is 0 Å². The van der Waals surface area contributed by atoms with Crippen LogP contribution < -0.4 is 14.8 Å². The van der Waals surface area contributed by atoms with Gasteiger partial charge in [0.05, 0.1) is 29.9 Å². The molecule has 0 saturated heterocycles. The van der Waals surface area contributed by atoms with Gasteiger partial charge in [-0.15, -0.1) is 0 Å². The standard InChI is InChI=1S/C32H38IN3O7/c1-3-4-9-29(39)36(12-10-23-16-21-7-5-6-8-25(21)35-23)26-17-22(32(41)34-11-13-37)18-27(30(26)40)43-31-24(33)14-20(19-38)15-28(31)42-2/h4-9,14-16,18,26-27,30,35,37-38,40H,3,10-13,17,19H2,1-2H3,(H,34,41). The summed E-state index contributed by atoms with van der Waals surface area (Å²) in [6.45, 7) is 1.86. The van der Waals surface area contributed by atoms with Crippen molar-refractivity contribution in [2.45, 2.75) is 51.0 Å². The van der Waals surface area contributed by atoms with Gasteiger partial charge in [-0.25, -0.2) is 0 Å². The summed E-state index contributed by atoms with van der Waals surface area (Å²) in [6, 6.07) is 12.6. The summed E-state index contributed by atoms with van der Waals surface area (Å²) in [6.07, 6.45) is 3.89. The van der Waals surface area contributed by atoms with Crippen molar-refractivity contribution in [1.29, 1.82) is 0 Å². The van der Waals surface area contributed by atoms with Crippen LogP contribution in [0.5, 0.6) is 11.5 Å². The molecule has 0 radical (unpaired) electrons. The topological polar surface area (TPSA) is 144 Å². The molecule has 230 valence electrons. The molecule has 1 aromatic heterocycles. The van der Waals surface area contributed by atoms with E-state index in [1.807, 2.05) is 37.3 Å². The van der Waals surface area contributed by atoms with E-state index in [9.17, 15) is 24.9 Å². The van der Waals surface area contributed by atoms with Crippen molar-refractivity contribution in [2.24, 2.45) is 0 Å².